The quantitative estimate of drug-likeness (QED) is 0.824. The summed E-state index contributed by atoms with van der Waals surface area (Å²) in [6.45, 7) is 2.31. The normalized spacial score (nSPS) is 15.8. The van der Waals surface area contributed by atoms with Gasteiger partial charge in [-0.05, 0) is 43.6 Å². The van der Waals surface area contributed by atoms with E-state index < -0.39 is 0 Å². The van der Waals surface area contributed by atoms with E-state index in [1.54, 1.807) is 26.2 Å². The summed E-state index contributed by atoms with van der Waals surface area (Å²) in [5.41, 5.74) is 0.982. The molecule has 0 spiro atoms. The lowest BCUT2D eigenvalue weighted by molar-refractivity contribution is -0.120. The molecular formula is C17H25FN4O2. The molecule has 6 nitrogen and oxygen atoms in total. The molecule has 132 valence electrons. The summed E-state index contributed by atoms with van der Waals surface area (Å²) >= 11 is 0. The molecule has 1 atom stereocenters. The van der Waals surface area contributed by atoms with Crippen LogP contribution in [-0.2, 0) is 4.79 Å². The van der Waals surface area contributed by atoms with Crippen molar-refractivity contribution >= 4 is 11.9 Å². The average Bonchev–Trinajstić information content (AvgIpc) is 3.08. The Bertz CT molecular complexity index is 556. The van der Waals surface area contributed by atoms with Gasteiger partial charge in [0.15, 0.2) is 0 Å². The molecule has 1 aliphatic rings. The van der Waals surface area contributed by atoms with Crippen LogP contribution in [0.4, 0.5) is 9.18 Å². The van der Waals surface area contributed by atoms with Crippen molar-refractivity contribution < 1.29 is 14.0 Å². The number of carbonyl (C=O) groups is 2. The Labute approximate surface area is 142 Å². The van der Waals surface area contributed by atoms with Crippen molar-refractivity contribution in [2.75, 3.05) is 40.3 Å². The molecule has 3 amide bonds. The van der Waals surface area contributed by atoms with Gasteiger partial charge in [0.1, 0.15) is 5.82 Å². The van der Waals surface area contributed by atoms with E-state index in [1.807, 2.05) is 0 Å². The summed E-state index contributed by atoms with van der Waals surface area (Å²) in [4.78, 5) is 27.1. The Hall–Kier alpha value is -2.15. The van der Waals surface area contributed by atoms with Crippen LogP contribution in [0.1, 0.15) is 24.4 Å². The zero-order chi connectivity index (χ0) is 17.5. The Balaban J connectivity index is 1.92. The van der Waals surface area contributed by atoms with Crippen LogP contribution < -0.4 is 10.6 Å². The van der Waals surface area contributed by atoms with Gasteiger partial charge in [0.2, 0.25) is 5.91 Å². The maximum atomic E-state index is 13.2. The fraction of sp³-hybridized carbons (Fsp3) is 0.529. The number of urea groups is 1. The van der Waals surface area contributed by atoms with E-state index in [2.05, 4.69) is 15.5 Å². The number of rotatable bonds is 6. The maximum Gasteiger partial charge on any atom is 0.317 e. The first kappa shape index (κ1) is 18.2. The SMILES string of the molecule is CN(C)C(=O)NCC(=O)NCC(c1ccc(F)cc1)N1CCCC1. The Morgan fingerprint density at radius 3 is 2.38 bits per heavy atom. The van der Waals surface area contributed by atoms with Crippen LogP contribution in [0.25, 0.3) is 0 Å². The second-order valence-corrected chi connectivity index (χ2v) is 6.17. The van der Waals surface area contributed by atoms with Gasteiger partial charge in [-0.3, -0.25) is 9.69 Å². The van der Waals surface area contributed by atoms with Crippen LogP contribution in [0.15, 0.2) is 24.3 Å². The van der Waals surface area contributed by atoms with Crippen LogP contribution in [0, 0.1) is 5.82 Å². The van der Waals surface area contributed by atoms with Gasteiger partial charge in [-0.2, -0.15) is 0 Å². The van der Waals surface area contributed by atoms with Gasteiger partial charge in [-0.15, -0.1) is 0 Å². The van der Waals surface area contributed by atoms with Gasteiger partial charge >= 0.3 is 6.03 Å². The molecule has 1 fully saturated rings. The lowest BCUT2D eigenvalue weighted by atomic mass is 10.1. The van der Waals surface area contributed by atoms with Gasteiger partial charge < -0.3 is 15.5 Å². The van der Waals surface area contributed by atoms with Crippen molar-refractivity contribution in [2.45, 2.75) is 18.9 Å². The number of hydrogen-bond acceptors (Lipinski definition) is 3. The summed E-state index contributed by atoms with van der Waals surface area (Å²) in [5, 5.41) is 5.39. The van der Waals surface area contributed by atoms with Gasteiger partial charge in [0, 0.05) is 20.6 Å². The number of likely N-dealkylation sites (tertiary alicyclic amines) is 1. The molecule has 0 aliphatic carbocycles. The third-order valence-electron chi connectivity index (χ3n) is 4.14. The zero-order valence-corrected chi connectivity index (χ0v) is 14.2. The van der Waals surface area contributed by atoms with Crippen molar-refractivity contribution in [3.63, 3.8) is 0 Å². The summed E-state index contributed by atoms with van der Waals surface area (Å²) in [5.74, 6) is -0.508. The molecular weight excluding hydrogens is 311 g/mol. The van der Waals surface area contributed by atoms with E-state index in [4.69, 9.17) is 0 Å². The third-order valence-corrected chi connectivity index (χ3v) is 4.14. The number of hydrogen-bond donors (Lipinski definition) is 2. The highest BCUT2D eigenvalue weighted by molar-refractivity contribution is 5.83. The van der Waals surface area contributed by atoms with E-state index in [1.165, 1.54) is 17.0 Å². The standard InChI is InChI=1S/C17H25FN4O2/c1-21(2)17(24)20-12-16(23)19-11-15(22-9-3-4-10-22)13-5-7-14(18)8-6-13/h5-8,15H,3-4,9-12H2,1-2H3,(H,19,23)(H,20,24). The lowest BCUT2D eigenvalue weighted by Crippen LogP contribution is -2.43. The first-order valence-corrected chi connectivity index (χ1v) is 8.18. The first-order chi connectivity index (χ1) is 11.5. The van der Waals surface area contributed by atoms with Gasteiger partial charge in [-0.1, -0.05) is 12.1 Å². The first-order valence-electron chi connectivity index (χ1n) is 8.18. The lowest BCUT2D eigenvalue weighted by Gasteiger charge is -2.28. The second kappa shape index (κ2) is 8.63. The topological polar surface area (TPSA) is 64.7 Å². The molecule has 0 saturated carbocycles. The molecule has 1 heterocycles. The van der Waals surface area contributed by atoms with E-state index in [0.717, 1.165) is 31.5 Å². The number of amides is 3. The predicted octanol–water partition coefficient (Wildman–Crippen LogP) is 1.35. The van der Waals surface area contributed by atoms with E-state index >= 15 is 0 Å². The fourth-order valence-corrected chi connectivity index (χ4v) is 2.78. The zero-order valence-electron chi connectivity index (χ0n) is 14.2. The molecule has 24 heavy (non-hydrogen) atoms. The van der Waals surface area contributed by atoms with Crippen molar-refractivity contribution in [1.82, 2.24) is 20.4 Å². The number of carbonyl (C=O) groups excluding carboxylic acids is 2. The molecule has 0 aromatic heterocycles. The Morgan fingerprint density at radius 1 is 1.17 bits per heavy atom. The largest absolute Gasteiger partial charge is 0.353 e. The maximum absolute atomic E-state index is 13.2. The minimum Gasteiger partial charge on any atom is -0.353 e. The predicted molar refractivity (Wildman–Crippen MR) is 90.0 cm³/mol. The van der Waals surface area contributed by atoms with E-state index in [0.29, 0.717) is 6.54 Å². The summed E-state index contributed by atoms with van der Waals surface area (Å²) in [6, 6.07) is 6.12. The van der Waals surface area contributed by atoms with Crippen molar-refractivity contribution in [2.24, 2.45) is 0 Å². The van der Waals surface area contributed by atoms with Crippen LogP contribution in [-0.4, -0.2) is 62.0 Å². The van der Waals surface area contributed by atoms with Crippen molar-refractivity contribution in [3.8, 4) is 0 Å². The molecule has 1 aromatic rings. The molecule has 7 heteroatoms. The molecule has 1 saturated heterocycles. The number of benzene rings is 1. The van der Waals surface area contributed by atoms with Crippen LogP contribution in [0.3, 0.4) is 0 Å². The van der Waals surface area contributed by atoms with E-state index in [9.17, 15) is 14.0 Å². The molecule has 1 unspecified atom stereocenters. The Kier molecular flexibility index (Phi) is 6.54. The number of nitrogens with one attached hydrogen (secondary N) is 2. The highest BCUT2D eigenvalue weighted by atomic mass is 19.1. The van der Waals surface area contributed by atoms with Gasteiger partial charge in [0.05, 0.1) is 12.6 Å². The van der Waals surface area contributed by atoms with Crippen molar-refractivity contribution in [3.05, 3.63) is 35.6 Å². The third kappa shape index (κ3) is 5.19. The minimum absolute atomic E-state index is 0.0154. The minimum atomic E-state index is -0.306. The average molecular weight is 336 g/mol. The highest BCUT2D eigenvalue weighted by Crippen LogP contribution is 2.24. The molecule has 1 aliphatic heterocycles. The van der Waals surface area contributed by atoms with Crippen molar-refractivity contribution in [1.29, 1.82) is 0 Å². The van der Waals surface area contributed by atoms with Crippen LogP contribution in [0.5, 0.6) is 0 Å². The van der Waals surface area contributed by atoms with Gasteiger partial charge in [0.25, 0.3) is 0 Å². The molecule has 2 rings (SSSR count). The van der Waals surface area contributed by atoms with E-state index in [-0.39, 0.29) is 30.3 Å². The number of nitrogens with zero attached hydrogens (tertiary/aromatic N) is 2. The summed E-state index contributed by atoms with van der Waals surface area (Å²) < 4.78 is 13.2. The molecule has 1 aromatic carbocycles. The Morgan fingerprint density at radius 2 is 1.79 bits per heavy atom. The molecule has 2 N–H and O–H groups in total. The monoisotopic (exact) mass is 336 g/mol. The summed E-state index contributed by atoms with van der Waals surface area (Å²) in [7, 11) is 3.23. The second-order valence-electron chi connectivity index (χ2n) is 6.17. The smallest absolute Gasteiger partial charge is 0.317 e. The molecule has 0 bridgehead atoms. The van der Waals surface area contributed by atoms with Crippen LogP contribution in [0.2, 0.25) is 0 Å². The summed E-state index contributed by atoms with van der Waals surface area (Å²) in [6.07, 6.45) is 2.26. The highest BCUT2D eigenvalue weighted by Gasteiger charge is 2.24. The molecule has 0 radical (unpaired) electrons. The van der Waals surface area contributed by atoms with Gasteiger partial charge in [-0.25, -0.2) is 9.18 Å². The van der Waals surface area contributed by atoms with Crippen LogP contribution >= 0.6 is 0 Å². The fourth-order valence-electron chi connectivity index (χ4n) is 2.78. The number of halogens is 1.